The van der Waals surface area contributed by atoms with Crippen molar-refractivity contribution in [3.05, 3.63) is 83.1 Å². The van der Waals surface area contributed by atoms with Crippen molar-refractivity contribution in [3.63, 3.8) is 0 Å². The molecule has 0 N–H and O–H groups in total. The number of carbonyl (C=O) groups excluding carboxylic acids is 4. The van der Waals surface area contributed by atoms with Gasteiger partial charge in [0.1, 0.15) is 23.6 Å². The first-order valence-electron chi connectivity index (χ1n) is 12.8. The predicted molar refractivity (Wildman–Crippen MR) is 153 cm³/mol. The van der Waals surface area contributed by atoms with Gasteiger partial charge in [-0.15, -0.1) is 0 Å². The average Bonchev–Trinajstić information content (AvgIpc) is 2.93. The van der Waals surface area contributed by atoms with Crippen molar-refractivity contribution in [2.75, 3.05) is 55.6 Å². The molecular weight excluding hydrogens is 554 g/mol. The molecule has 0 saturated heterocycles. The van der Waals surface area contributed by atoms with E-state index < -0.39 is 41.6 Å². The molecule has 12 heteroatoms. The number of ether oxygens (including phenoxy) is 4. The Morgan fingerprint density at radius 1 is 0.786 bits per heavy atom. The molecule has 0 aliphatic carbocycles. The fourth-order valence-corrected chi connectivity index (χ4v) is 3.11. The standard InChI is InChI=1S/C14H16FNO3.C11H11FO3.C5H13NO2/c1-4-19-14(18)11(9-16(2)3)13(17)10-7-5-6-8-12(10)15;1-2-15-11(14)7-10(13)8-5-3-4-6-9(8)12;1-6(2)5(7-3)8-4/h5-9H,4H2,1-3H3;3-6H,2,7H2,1H3;5H,1-4H3/b11-9-;;. The highest BCUT2D eigenvalue weighted by atomic mass is 19.1. The summed E-state index contributed by atoms with van der Waals surface area (Å²) < 4.78 is 45.8. The molecule has 0 aliphatic heterocycles. The van der Waals surface area contributed by atoms with Gasteiger partial charge in [-0.3, -0.25) is 19.3 Å². The van der Waals surface area contributed by atoms with Gasteiger partial charge in [0.25, 0.3) is 0 Å². The molecule has 42 heavy (non-hydrogen) atoms. The minimum atomic E-state index is -0.760. The lowest BCUT2D eigenvalue weighted by Gasteiger charge is -2.19. The molecule has 0 aliphatic rings. The van der Waals surface area contributed by atoms with Gasteiger partial charge in [-0.2, -0.15) is 0 Å². The van der Waals surface area contributed by atoms with Crippen molar-refractivity contribution >= 4 is 23.5 Å². The number of carbonyl (C=O) groups is 4. The van der Waals surface area contributed by atoms with E-state index in [1.807, 2.05) is 19.0 Å². The Hall–Kier alpha value is -4.00. The topological polar surface area (TPSA) is 112 Å². The zero-order chi connectivity index (χ0) is 32.2. The van der Waals surface area contributed by atoms with Crippen LogP contribution in [0.1, 0.15) is 41.0 Å². The van der Waals surface area contributed by atoms with Crippen LogP contribution in [0.5, 0.6) is 0 Å². The van der Waals surface area contributed by atoms with Crippen LogP contribution in [-0.4, -0.2) is 95.3 Å². The van der Waals surface area contributed by atoms with Crippen LogP contribution in [-0.2, 0) is 28.5 Å². The van der Waals surface area contributed by atoms with Gasteiger partial charge < -0.3 is 23.8 Å². The summed E-state index contributed by atoms with van der Waals surface area (Å²) in [5.41, 5.74) is -0.425. The number of nitrogens with zero attached hydrogens (tertiary/aromatic N) is 2. The molecule has 0 saturated carbocycles. The Kier molecular flexibility index (Phi) is 18.8. The number of Topliss-reactive ketones (excluding diaryl/α,β-unsaturated/α-hetero) is 2. The van der Waals surface area contributed by atoms with Crippen molar-refractivity contribution in [1.82, 2.24) is 9.80 Å². The molecule has 232 valence electrons. The largest absolute Gasteiger partial charge is 0.466 e. The van der Waals surface area contributed by atoms with Crippen LogP contribution in [0.4, 0.5) is 8.78 Å². The van der Waals surface area contributed by atoms with E-state index >= 15 is 0 Å². The van der Waals surface area contributed by atoms with Gasteiger partial charge in [-0.05, 0) is 52.2 Å². The van der Waals surface area contributed by atoms with Crippen molar-refractivity contribution in [2.24, 2.45) is 0 Å². The first kappa shape index (κ1) is 38.0. The summed E-state index contributed by atoms with van der Waals surface area (Å²) in [4.78, 5) is 49.7. The summed E-state index contributed by atoms with van der Waals surface area (Å²) in [5, 5.41) is 0. The Morgan fingerprint density at radius 2 is 1.26 bits per heavy atom. The van der Waals surface area contributed by atoms with E-state index in [2.05, 4.69) is 4.74 Å². The van der Waals surface area contributed by atoms with Gasteiger partial charge in [0.15, 0.2) is 5.78 Å². The SMILES string of the molecule is CCOC(=O)/C(=C\N(C)C)C(=O)c1ccccc1F.CCOC(=O)CC(=O)c1ccccc1F.COC(OC)N(C)C. The molecule has 0 amide bonds. The minimum Gasteiger partial charge on any atom is -0.466 e. The molecular formula is C30H40F2N2O8. The average molecular weight is 595 g/mol. The normalized spacial score (nSPS) is 10.6. The highest BCUT2D eigenvalue weighted by Crippen LogP contribution is 2.14. The van der Waals surface area contributed by atoms with E-state index in [9.17, 15) is 28.0 Å². The molecule has 0 aromatic heterocycles. The molecule has 2 aromatic carbocycles. The van der Waals surface area contributed by atoms with Crippen LogP contribution in [0.15, 0.2) is 60.3 Å². The lowest BCUT2D eigenvalue weighted by Crippen LogP contribution is -2.30. The highest BCUT2D eigenvalue weighted by molar-refractivity contribution is 6.24. The first-order valence-corrected chi connectivity index (χ1v) is 12.8. The van der Waals surface area contributed by atoms with E-state index in [0.717, 1.165) is 0 Å². The van der Waals surface area contributed by atoms with Crippen LogP contribution in [0, 0.1) is 11.6 Å². The van der Waals surface area contributed by atoms with Gasteiger partial charge in [0.2, 0.25) is 12.2 Å². The number of halogens is 2. The lowest BCUT2D eigenvalue weighted by atomic mass is 10.0. The Bertz CT molecular complexity index is 1180. The maximum Gasteiger partial charge on any atom is 0.343 e. The van der Waals surface area contributed by atoms with Gasteiger partial charge in [-0.25, -0.2) is 13.6 Å². The number of hydrogen-bond acceptors (Lipinski definition) is 10. The molecule has 0 spiro atoms. The van der Waals surface area contributed by atoms with Crippen molar-refractivity contribution in [1.29, 1.82) is 0 Å². The highest BCUT2D eigenvalue weighted by Gasteiger charge is 2.23. The molecule has 0 radical (unpaired) electrons. The van der Waals surface area contributed by atoms with E-state index in [1.165, 1.54) is 53.6 Å². The lowest BCUT2D eigenvalue weighted by molar-refractivity contribution is -0.179. The molecule has 0 bridgehead atoms. The monoisotopic (exact) mass is 594 g/mol. The van der Waals surface area contributed by atoms with E-state index in [1.54, 1.807) is 48.2 Å². The fraction of sp³-hybridized carbons (Fsp3) is 0.400. The van der Waals surface area contributed by atoms with E-state index in [4.69, 9.17) is 14.2 Å². The van der Waals surface area contributed by atoms with Gasteiger partial charge >= 0.3 is 11.9 Å². The van der Waals surface area contributed by atoms with Crippen molar-refractivity contribution < 1.29 is 46.9 Å². The zero-order valence-corrected chi connectivity index (χ0v) is 25.3. The number of hydrogen-bond donors (Lipinski definition) is 0. The van der Waals surface area contributed by atoms with Crippen molar-refractivity contribution in [2.45, 2.75) is 26.7 Å². The van der Waals surface area contributed by atoms with Gasteiger partial charge in [0.05, 0.1) is 24.3 Å². The van der Waals surface area contributed by atoms with Crippen LogP contribution in [0.25, 0.3) is 0 Å². The summed E-state index contributed by atoms with van der Waals surface area (Å²) in [5.74, 6) is -3.93. The zero-order valence-electron chi connectivity index (χ0n) is 25.3. The predicted octanol–water partition coefficient (Wildman–Crippen LogP) is 4.10. The molecule has 2 aromatic rings. The summed E-state index contributed by atoms with van der Waals surface area (Å²) in [6, 6.07) is 11.1. The molecule has 2 rings (SSSR count). The second-order valence-electron chi connectivity index (χ2n) is 8.66. The summed E-state index contributed by atoms with van der Waals surface area (Å²) >= 11 is 0. The van der Waals surface area contributed by atoms with Gasteiger partial charge in [-0.1, -0.05) is 24.3 Å². The maximum absolute atomic E-state index is 13.6. The number of methoxy groups -OCH3 is 2. The number of benzene rings is 2. The van der Waals surface area contributed by atoms with Crippen LogP contribution in [0.3, 0.4) is 0 Å². The third kappa shape index (κ3) is 14.1. The number of esters is 2. The number of ketones is 2. The summed E-state index contributed by atoms with van der Waals surface area (Å²) in [6.45, 7) is 3.64. The van der Waals surface area contributed by atoms with Crippen LogP contribution < -0.4 is 0 Å². The third-order valence-electron chi connectivity index (χ3n) is 4.86. The Balaban J connectivity index is 0.000000651. The maximum atomic E-state index is 13.6. The Labute approximate surface area is 245 Å². The summed E-state index contributed by atoms with van der Waals surface area (Å²) in [7, 11) is 10.3. The van der Waals surface area contributed by atoms with E-state index in [0.29, 0.717) is 0 Å². The quantitative estimate of drug-likeness (QED) is 0.0889. The second-order valence-corrected chi connectivity index (χ2v) is 8.66. The minimum absolute atomic E-state index is 0.0782. The molecule has 10 nitrogen and oxygen atoms in total. The van der Waals surface area contributed by atoms with Gasteiger partial charge in [0, 0.05) is 34.5 Å². The second kappa shape index (κ2) is 20.8. The number of rotatable bonds is 12. The first-order chi connectivity index (χ1) is 19.8. The van der Waals surface area contributed by atoms with E-state index in [-0.39, 0.29) is 36.3 Å². The third-order valence-corrected chi connectivity index (χ3v) is 4.86. The Morgan fingerprint density at radius 3 is 1.64 bits per heavy atom. The van der Waals surface area contributed by atoms with Crippen molar-refractivity contribution in [3.8, 4) is 0 Å². The summed E-state index contributed by atoms with van der Waals surface area (Å²) in [6.07, 6.45) is 0.691. The van der Waals surface area contributed by atoms with Crippen LogP contribution in [0.2, 0.25) is 0 Å². The van der Waals surface area contributed by atoms with Crippen LogP contribution >= 0.6 is 0 Å². The molecule has 0 atom stereocenters. The molecule has 0 fully saturated rings. The smallest absolute Gasteiger partial charge is 0.343 e. The molecule has 0 unspecified atom stereocenters. The fourth-order valence-electron chi connectivity index (χ4n) is 3.11. The molecule has 0 heterocycles.